The Morgan fingerprint density at radius 3 is 2.39 bits per heavy atom. The second kappa shape index (κ2) is 19.0. The SMILES string of the molecule is C=CCOC(=O)N1c2cc(OCCCC(=O)Nc3cc(C(=O)Nc4ccc(-c5cc(C(C)=O)n(C)c5)cc4)n(C)c3)c(C)cc2C(=O)N2CCCC[C@H]2C1OC1CCCCO1. The Balaban J connectivity index is 0.983. The maximum Gasteiger partial charge on any atom is 0.416 e. The number of amides is 4. The van der Waals surface area contributed by atoms with Gasteiger partial charge in [-0.25, -0.2) is 9.69 Å². The average Bonchev–Trinajstić information content (AvgIpc) is 3.81. The van der Waals surface area contributed by atoms with Gasteiger partial charge in [0.1, 0.15) is 18.1 Å². The molecule has 0 bridgehead atoms. The van der Waals surface area contributed by atoms with Gasteiger partial charge in [0.2, 0.25) is 5.91 Å². The summed E-state index contributed by atoms with van der Waals surface area (Å²) in [4.78, 5) is 69.5. The molecule has 322 valence electrons. The standard InChI is InChI=1S/C46H54N6O9/c1-6-20-60-46(57)52-38-26-40(29(2)23-35(38)44(56)51-19-9-7-12-36(51)45(52)61-42-14-8-10-21-59-42)58-22-11-13-41(54)47-34-25-39(50(5)28-34)43(55)48-33-17-15-31(16-18-33)32-24-37(30(3)53)49(4)27-32/h6,15-18,23-28,36,42,45H,1,7-14,19-22H2,2-5H3,(H,47,54)(H,48,55)/t36-,42?,45?/m0/s1. The molecule has 0 spiro atoms. The summed E-state index contributed by atoms with van der Waals surface area (Å²) in [6, 6.07) is 13.8. The van der Waals surface area contributed by atoms with Crippen LogP contribution in [0.15, 0.2) is 73.6 Å². The van der Waals surface area contributed by atoms with E-state index in [2.05, 4.69) is 17.2 Å². The lowest BCUT2D eigenvalue weighted by atomic mass is 10.00. The zero-order chi connectivity index (χ0) is 43.2. The lowest BCUT2D eigenvalue weighted by Gasteiger charge is -2.42. The van der Waals surface area contributed by atoms with Gasteiger partial charge in [0.15, 0.2) is 18.3 Å². The summed E-state index contributed by atoms with van der Waals surface area (Å²) < 4.78 is 27.8. The molecule has 2 saturated heterocycles. The fourth-order valence-electron chi connectivity index (χ4n) is 8.21. The predicted octanol–water partition coefficient (Wildman–Crippen LogP) is 7.60. The fraction of sp³-hybridized carbons (Fsp3) is 0.413. The molecule has 7 rings (SSSR count). The first-order valence-electron chi connectivity index (χ1n) is 20.9. The van der Waals surface area contributed by atoms with Crippen molar-refractivity contribution in [2.24, 2.45) is 14.1 Å². The molecule has 3 aliphatic rings. The van der Waals surface area contributed by atoms with E-state index in [1.807, 2.05) is 43.3 Å². The van der Waals surface area contributed by atoms with Crippen molar-refractivity contribution in [3.05, 3.63) is 96.1 Å². The number of ketones is 1. The van der Waals surface area contributed by atoms with Crippen LogP contribution in [0, 0.1) is 6.92 Å². The molecule has 5 heterocycles. The Kier molecular flexibility index (Phi) is 13.4. The molecule has 2 unspecified atom stereocenters. The van der Waals surface area contributed by atoms with Crippen molar-refractivity contribution in [3.8, 4) is 16.9 Å². The van der Waals surface area contributed by atoms with Crippen LogP contribution in [0.2, 0.25) is 0 Å². The highest BCUT2D eigenvalue weighted by atomic mass is 16.7. The van der Waals surface area contributed by atoms with Gasteiger partial charge in [-0.2, -0.15) is 0 Å². The van der Waals surface area contributed by atoms with Crippen molar-refractivity contribution in [1.29, 1.82) is 0 Å². The molecule has 2 N–H and O–H groups in total. The molecule has 2 aromatic heterocycles. The summed E-state index contributed by atoms with van der Waals surface area (Å²) in [7, 11) is 3.55. The molecule has 61 heavy (non-hydrogen) atoms. The van der Waals surface area contributed by atoms with E-state index in [0.717, 1.165) is 36.8 Å². The normalized spacial score (nSPS) is 18.7. The lowest BCUT2D eigenvalue weighted by molar-refractivity contribution is -0.198. The highest BCUT2D eigenvalue weighted by molar-refractivity contribution is 6.06. The van der Waals surface area contributed by atoms with E-state index in [1.54, 1.807) is 52.7 Å². The minimum absolute atomic E-state index is 0.0165. The van der Waals surface area contributed by atoms with Crippen molar-refractivity contribution in [2.45, 2.75) is 83.8 Å². The van der Waals surface area contributed by atoms with Gasteiger partial charge in [0, 0.05) is 70.3 Å². The Morgan fingerprint density at radius 1 is 0.902 bits per heavy atom. The van der Waals surface area contributed by atoms with Crippen LogP contribution in [0.3, 0.4) is 0 Å². The molecule has 2 fully saturated rings. The van der Waals surface area contributed by atoms with E-state index in [4.69, 9.17) is 18.9 Å². The van der Waals surface area contributed by atoms with Gasteiger partial charge in [-0.15, -0.1) is 0 Å². The summed E-state index contributed by atoms with van der Waals surface area (Å²) in [6.07, 6.45) is 8.40. The number of anilines is 3. The number of carbonyl (C=O) groups is 5. The Morgan fingerprint density at radius 2 is 1.67 bits per heavy atom. The number of Topliss-reactive ketones (excluding diaryl/α,β-unsaturated/α-hetero) is 1. The topological polar surface area (TPSA) is 163 Å². The Hall–Kier alpha value is -6.19. The number of hydrogen-bond acceptors (Lipinski definition) is 9. The van der Waals surface area contributed by atoms with E-state index >= 15 is 0 Å². The Bertz CT molecular complexity index is 2290. The van der Waals surface area contributed by atoms with Gasteiger partial charge >= 0.3 is 6.09 Å². The zero-order valence-corrected chi connectivity index (χ0v) is 35.2. The van der Waals surface area contributed by atoms with Crippen molar-refractivity contribution < 1.29 is 42.9 Å². The monoisotopic (exact) mass is 834 g/mol. The average molecular weight is 835 g/mol. The molecular weight excluding hydrogens is 781 g/mol. The minimum Gasteiger partial charge on any atom is -0.493 e. The van der Waals surface area contributed by atoms with Gasteiger partial charge in [-0.05, 0) is 93.3 Å². The number of ether oxygens (including phenoxy) is 4. The van der Waals surface area contributed by atoms with Crippen LogP contribution < -0.4 is 20.3 Å². The van der Waals surface area contributed by atoms with Crippen molar-refractivity contribution >= 4 is 46.7 Å². The molecule has 4 aromatic rings. The number of aromatic nitrogens is 2. The summed E-state index contributed by atoms with van der Waals surface area (Å²) in [6.45, 7) is 8.31. The molecule has 0 saturated carbocycles. The third-order valence-corrected chi connectivity index (χ3v) is 11.3. The van der Waals surface area contributed by atoms with Gasteiger partial charge in [0.25, 0.3) is 11.8 Å². The number of fused-ring (bicyclic) bond motifs is 2. The van der Waals surface area contributed by atoms with Crippen LogP contribution in [0.1, 0.15) is 95.2 Å². The fourth-order valence-corrected chi connectivity index (χ4v) is 8.21. The molecule has 3 aliphatic heterocycles. The van der Waals surface area contributed by atoms with Crippen LogP contribution in [0.5, 0.6) is 5.75 Å². The molecule has 0 aliphatic carbocycles. The first-order valence-corrected chi connectivity index (χ1v) is 20.9. The van der Waals surface area contributed by atoms with Crippen molar-refractivity contribution in [1.82, 2.24) is 14.0 Å². The second-order valence-corrected chi connectivity index (χ2v) is 15.8. The molecule has 4 amide bonds. The smallest absolute Gasteiger partial charge is 0.416 e. The van der Waals surface area contributed by atoms with Gasteiger partial charge in [-0.3, -0.25) is 19.2 Å². The number of nitrogens with one attached hydrogen (secondary N) is 2. The van der Waals surface area contributed by atoms with E-state index in [-0.39, 0.29) is 43.1 Å². The summed E-state index contributed by atoms with van der Waals surface area (Å²) in [5, 5.41) is 5.77. The molecule has 0 radical (unpaired) electrons. The third-order valence-electron chi connectivity index (χ3n) is 11.3. The van der Waals surface area contributed by atoms with Crippen LogP contribution in [-0.2, 0) is 33.1 Å². The van der Waals surface area contributed by atoms with E-state index in [1.165, 1.54) is 17.9 Å². The maximum absolute atomic E-state index is 14.2. The van der Waals surface area contributed by atoms with Crippen molar-refractivity contribution in [2.75, 3.05) is 41.9 Å². The van der Waals surface area contributed by atoms with Crippen LogP contribution in [0.4, 0.5) is 21.9 Å². The number of rotatable bonds is 14. The quantitative estimate of drug-likeness (QED) is 0.0740. The number of nitrogens with zero attached hydrogens (tertiary/aromatic N) is 4. The number of benzene rings is 2. The van der Waals surface area contributed by atoms with E-state index in [9.17, 15) is 24.0 Å². The molecule has 15 nitrogen and oxygen atoms in total. The second-order valence-electron chi connectivity index (χ2n) is 15.8. The van der Waals surface area contributed by atoms with Gasteiger partial charge in [0.05, 0.1) is 35.3 Å². The number of piperidine rings is 1. The molecular formula is C46H54N6O9. The van der Waals surface area contributed by atoms with E-state index in [0.29, 0.717) is 77.7 Å². The molecule has 2 aromatic carbocycles. The highest BCUT2D eigenvalue weighted by Gasteiger charge is 2.46. The first-order chi connectivity index (χ1) is 29.4. The minimum atomic E-state index is -0.856. The first kappa shape index (κ1) is 42.9. The summed E-state index contributed by atoms with van der Waals surface area (Å²) >= 11 is 0. The lowest BCUT2D eigenvalue weighted by Crippen LogP contribution is -2.57. The predicted molar refractivity (Wildman–Crippen MR) is 230 cm³/mol. The number of aryl methyl sites for hydroxylation is 3. The maximum atomic E-state index is 14.2. The molecule has 15 heteroatoms. The summed E-state index contributed by atoms with van der Waals surface area (Å²) in [5.74, 6) is -0.348. The van der Waals surface area contributed by atoms with E-state index < -0.39 is 24.7 Å². The van der Waals surface area contributed by atoms with Crippen LogP contribution in [-0.4, -0.2) is 88.6 Å². The number of carbonyl (C=O) groups excluding carboxylic acids is 5. The van der Waals surface area contributed by atoms with Crippen molar-refractivity contribution in [3.63, 3.8) is 0 Å². The van der Waals surface area contributed by atoms with Crippen LogP contribution in [0.25, 0.3) is 11.1 Å². The summed E-state index contributed by atoms with van der Waals surface area (Å²) in [5.41, 5.74) is 5.22. The highest BCUT2D eigenvalue weighted by Crippen LogP contribution is 2.40. The van der Waals surface area contributed by atoms with Gasteiger partial charge in [-0.1, -0.05) is 24.8 Å². The zero-order valence-electron chi connectivity index (χ0n) is 35.2. The molecule has 3 atom stereocenters. The largest absolute Gasteiger partial charge is 0.493 e. The number of hydrogen-bond donors (Lipinski definition) is 2. The van der Waals surface area contributed by atoms with Gasteiger partial charge < -0.3 is 43.6 Å². The third kappa shape index (κ3) is 9.73. The van der Waals surface area contributed by atoms with Crippen LogP contribution >= 0.6 is 0 Å². The Labute approximate surface area is 355 Å².